The Morgan fingerprint density at radius 3 is 2.94 bits per heavy atom. The molecule has 1 aliphatic heterocycles. The van der Waals surface area contributed by atoms with Crippen molar-refractivity contribution in [3.8, 4) is 0 Å². The Bertz CT molecular complexity index is 430. The van der Waals surface area contributed by atoms with Crippen LogP contribution < -0.4 is 0 Å². The molecule has 0 aromatic rings. The molecule has 1 atom stereocenters. The fourth-order valence-electron chi connectivity index (χ4n) is 1.60. The van der Waals surface area contributed by atoms with Gasteiger partial charge in [0.15, 0.2) is 0 Å². The van der Waals surface area contributed by atoms with Crippen LogP contribution in [-0.4, -0.2) is 50.0 Å². The summed E-state index contributed by atoms with van der Waals surface area (Å²) in [5.41, 5.74) is 8.13. The van der Waals surface area contributed by atoms with Gasteiger partial charge in [0.1, 0.15) is 0 Å². The van der Waals surface area contributed by atoms with E-state index in [0.29, 0.717) is 6.54 Å². The summed E-state index contributed by atoms with van der Waals surface area (Å²) in [5, 5.41) is 3.38. The van der Waals surface area contributed by atoms with Gasteiger partial charge in [0.2, 0.25) is 5.91 Å². The molecule has 1 fully saturated rings. The van der Waals surface area contributed by atoms with Gasteiger partial charge in [-0.05, 0) is 11.4 Å². The van der Waals surface area contributed by atoms with E-state index in [9.17, 15) is 13.2 Å². The fraction of sp³-hybridized carbons (Fsp3) is 0.857. The molecule has 0 aromatic heterocycles. The molecule has 0 bridgehead atoms. The van der Waals surface area contributed by atoms with Crippen molar-refractivity contribution in [1.82, 2.24) is 4.90 Å². The third-order valence-electron chi connectivity index (χ3n) is 2.29. The van der Waals surface area contributed by atoms with E-state index in [4.69, 9.17) is 10.1 Å². The quantitative estimate of drug-likeness (QED) is 0.311. The number of amides is 1. The summed E-state index contributed by atoms with van der Waals surface area (Å²) in [6.45, 7) is 0.411. The molecule has 1 unspecified atom stereocenters. The number of nitrogens with zero attached hydrogens (tertiary/aromatic N) is 4. The smallest absolute Gasteiger partial charge is 0.340 e. The zero-order chi connectivity index (χ0) is 12.9. The number of rotatable bonds is 6. The first-order chi connectivity index (χ1) is 7.92. The van der Waals surface area contributed by atoms with Crippen LogP contribution >= 0.6 is 0 Å². The highest BCUT2D eigenvalue weighted by atomic mass is 32.3. The molecule has 1 aliphatic rings. The molecule has 96 valence electrons. The van der Waals surface area contributed by atoms with Crippen LogP contribution in [0.25, 0.3) is 10.4 Å². The first kappa shape index (κ1) is 13.7. The number of hydrogen-bond donors (Lipinski definition) is 1. The van der Waals surface area contributed by atoms with Crippen LogP contribution in [0.4, 0.5) is 0 Å². The van der Waals surface area contributed by atoms with Gasteiger partial charge in [0, 0.05) is 31.0 Å². The molecule has 0 radical (unpaired) electrons. The highest BCUT2D eigenvalue weighted by Crippen LogP contribution is 2.17. The number of azide groups is 1. The molecule has 1 saturated heterocycles. The molecular formula is C7H12N4O5S. The predicted octanol–water partition coefficient (Wildman–Crippen LogP) is -0.0354. The molecule has 1 rings (SSSR count). The van der Waals surface area contributed by atoms with E-state index in [-0.39, 0.29) is 37.9 Å². The minimum absolute atomic E-state index is 0.0517. The van der Waals surface area contributed by atoms with Gasteiger partial charge in [-0.3, -0.25) is 9.35 Å². The Morgan fingerprint density at radius 2 is 2.35 bits per heavy atom. The molecule has 17 heavy (non-hydrogen) atoms. The van der Waals surface area contributed by atoms with Crippen molar-refractivity contribution in [2.24, 2.45) is 11.0 Å². The van der Waals surface area contributed by atoms with E-state index in [1.165, 1.54) is 4.90 Å². The van der Waals surface area contributed by atoms with Crippen molar-refractivity contribution < 1.29 is 21.9 Å². The van der Waals surface area contributed by atoms with Gasteiger partial charge in [0.25, 0.3) is 0 Å². The van der Waals surface area contributed by atoms with Crippen molar-refractivity contribution in [1.29, 1.82) is 0 Å². The topological polar surface area (TPSA) is 133 Å². The molecule has 0 aromatic carbocycles. The Kier molecular flexibility index (Phi) is 4.70. The van der Waals surface area contributed by atoms with Crippen LogP contribution in [-0.2, 0) is 19.4 Å². The summed E-state index contributed by atoms with van der Waals surface area (Å²) in [7, 11) is -4.47. The van der Waals surface area contributed by atoms with Crippen molar-refractivity contribution >= 4 is 16.3 Å². The fourth-order valence-corrected chi connectivity index (χ4v) is 1.88. The Morgan fingerprint density at radius 1 is 1.65 bits per heavy atom. The Hall–Kier alpha value is -1.35. The first-order valence-electron chi connectivity index (χ1n) is 4.83. The van der Waals surface area contributed by atoms with Crippen molar-refractivity contribution in [3.63, 3.8) is 0 Å². The average Bonchev–Trinajstić information content (AvgIpc) is 2.55. The third-order valence-corrected chi connectivity index (χ3v) is 2.76. The minimum atomic E-state index is -4.47. The molecule has 10 heteroatoms. The summed E-state index contributed by atoms with van der Waals surface area (Å²) in [6, 6.07) is 0. The van der Waals surface area contributed by atoms with Crippen LogP contribution in [0.15, 0.2) is 5.11 Å². The van der Waals surface area contributed by atoms with Crippen LogP contribution in [0.5, 0.6) is 0 Å². The minimum Gasteiger partial charge on any atom is -0.340 e. The monoisotopic (exact) mass is 264 g/mol. The lowest BCUT2D eigenvalue weighted by Gasteiger charge is -2.15. The zero-order valence-corrected chi connectivity index (χ0v) is 9.71. The SMILES string of the molecule is [N-]=[N+]=NCC1CC(=O)N(CCOS(=O)(=O)O)C1. The lowest BCUT2D eigenvalue weighted by molar-refractivity contribution is -0.128. The van der Waals surface area contributed by atoms with E-state index in [0.717, 1.165) is 0 Å². The second kappa shape index (κ2) is 5.82. The standard InChI is InChI=1S/C7H12N4O5S/c8-10-9-4-6-3-7(12)11(5-6)1-2-16-17(13,14)15/h6H,1-5H2,(H,13,14,15). The maximum absolute atomic E-state index is 11.4. The highest BCUT2D eigenvalue weighted by Gasteiger charge is 2.28. The summed E-state index contributed by atoms with van der Waals surface area (Å²) >= 11 is 0. The van der Waals surface area contributed by atoms with Gasteiger partial charge in [-0.25, -0.2) is 4.18 Å². The van der Waals surface area contributed by atoms with E-state index < -0.39 is 10.4 Å². The van der Waals surface area contributed by atoms with E-state index >= 15 is 0 Å². The summed E-state index contributed by atoms with van der Waals surface area (Å²) < 4.78 is 33.0. The van der Waals surface area contributed by atoms with Crippen molar-refractivity contribution in [2.45, 2.75) is 6.42 Å². The molecule has 9 nitrogen and oxygen atoms in total. The number of likely N-dealkylation sites (tertiary alicyclic amines) is 1. The predicted molar refractivity (Wildman–Crippen MR) is 56.2 cm³/mol. The molecule has 1 amide bonds. The summed E-state index contributed by atoms with van der Waals surface area (Å²) in [6.07, 6.45) is 0.269. The summed E-state index contributed by atoms with van der Waals surface area (Å²) in [5.74, 6) is -0.203. The van der Waals surface area contributed by atoms with Gasteiger partial charge in [-0.15, -0.1) is 0 Å². The van der Waals surface area contributed by atoms with Crippen LogP contribution in [0.3, 0.4) is 0 Å². The zero-order valence-electron chi connectivity index (χ0n) is 8.89. The van der Waals surface area contributed by atoms with Crippen LogP contribution in [0.1, 0.15) is 6.42 Å². The first-order valence-corrected chi connectivity index (χ1v) is 6.19. The average molecular weight is 264 g/mol. The molecular weight excluding hydrogens is 252 g/mol. The lowest BCUT2D eigenvalue weighted by Crippen LogP contribution is -2.29. The second-order valence-electron chi connectivity index (χ2n) is 3.57. The van der Waals surface area contributed by atoms with Gasteiger partial charge in [-0.2, -0.15) is 8.42 Å². The Balaban J connectivity index is 2.35. The van der Waals surface area contributed by atoms with Gasteiger partial charge in [0.05, 0.1) is 6.61 Å². The van der Waals surface area contributed by atoms with E-state index in [1.807, 2.05) is 0 Å². The maximum Gasteiger partial charge on any atom is 0.397 e. The van der Waals surface area contributed by atoms with Crippen LogP contribution in [0.2, 0.25) is 0 Å². The Labute approximate surface area is 97.9 Å². The maximum atomic E-state index is 11.4. The van der Waals surface area contributed by atoms with Gasteiger partial charge >= 0.3 is 10.4 Å². The second-order valence-corrected chi connectivity index (χ2v) is 4.66. The largest absolute Gasteiger partial charge is 0.397 e. The van der Waals surface area contributed by atoms with Crippen LogP contribution in [0, 0.1) is 5.92 Å². The lowest BCUT2D eigenvalue weighted by atomic mass is 10.1. The highest BCUT2D eigenvalue weighted by molar-refractivity contribution is 7.80. The number of hydrogen-bond acceptors (Lipinski definition) is 5. The molecule has 1 heterocycles. The number of carbonyl (C=O) groups excluding carboxylic acids is 1. The molecule has 1 N–H and O–H groups in total. The van der Waals surface area contributed by atoms with Crippen molar-refractivity contribution in [3.05, 3.63) is 10.4 Å². The third kappa shape index (κ3) is 5.00. The normalized spacial score (nSPS) is 20.4. The molecule has 0 aliphatic carbocycles. The van der Waals surface area contributed by atoms with Crippen molar-refractivity contribution in [2.75, 3.05) is 26.2 Å². The van der Waals surface area contributed by atoms with Gasteiger partial charge < -0.3 is 4.90 Å². The van der Waals surface area contributed by atoms with Gasteiger partial charge in [-0.1, -0.05) is 5.11 Å². The van der Waals surface area contributed by atoms with E-state index in [1.54, 1.807) is 0 Å². The summed E-state index contributed by atoms with van der Waals surface area (Å²) in [4.78, 5) is 15.4. The molecule has 0 spiro atoms. The van der Waals surface area contributed by atoms with E-state index in [2.05, 4.69) is 14.2 Å². The number of carbonyl (C=O) groups is 1. The molecule has 0 saturated carbocycles.